The molecule has 0 aliphatic carbocycles. The second-order valence-electron chi connectivity index (χ2n) is 5.35. The van der Waals surface area contributed by atoms with E-state index in [1.807, 2.05) is 47.5 Å². The van der Waals surface area contributed by atoms with Gasteiger partial charge in [0.2, 0.25) is 0 Å². The summed E-state index contributed by atoms with van der Waals surface area (Å²) >= 11 is 0. The number of rotatable bonds is 4. The summed E-state index contributed by atoms with van der Waals surface area (Å²) in [6.07, 6.45) is 1.39. The number of hydrogen-bond acceptors (Lipinski definition) is 3. The standard InChI is InChI=1S/C18H18N2O2/c1-2-13-8-10-15(11-9-13)20-17(12-16(19-20)18(21)22)14-6-4-3-5-7-14/h3-11,17H,2,12H2,1H3,(H,21,22). The molecule has 1 heterocycles. The molecule has 1 unspecified atom stereocenters. The highest BCUT2D eigenvalue weighted by atomic mass is 16.4. The minimum Gasteiger partial charge on any atom is -0.477 e. The van der Waals surface area contributed by atoms with E-state index < -0.39 is 5.97 Å². The lowest BCUT2D eigenvalue weighted by Crippen LogP contribution is -2.18. The predicted octanol–water partition coefficient (Wildman–Crippen LogP) is 3.64. The van der Waals surface area contributed by atoms with Gasteiger partial charge in [0.15, 0.2) is 0 Å². The van der Waals surface area contributed by atoms with Crippen molar-refractivity contribution < 1.29 is 9.90 Å². The van der Waals surface area contributed by atoms with E-state index in [1.54, 1.807) is 0 Å². The third-order valence-electron chi connectivity index (χ3n) is 3.95. The second-order valence-corrected chi connectivity index (χ2v) is 5.35. The predicted molar refractivity (Wildman–Crippen MR) is 87.2 cm³/mol. The van der Waals surface area contributed by atoms with Crippen molar-refractivity contribution in [2.45, 2.75) is 25.8 Å². The number of aryl methyl sites for hydroxylation is 1. The quantitative estimate of drug-likeness (QED) is 0.936. The monoisotopic (exact) mass is 294 g/mol. The van der Waals surface area contributed by atoms with E-state index in [-0.39, 0.29) is 11.8 Å². The minimum absolute atomic E-state index is 0.0697. The lowest BCUT2D eigenvalue weighted by atomic mass is 10.0. The molecule has 0 bridgehead atoms. The van der Waals surface area contributed by atoms with Crippen LogP contribution in [0.25, 0.3) is 0 Å². The Bertz CT molecular complexity index is 693. The van der Waals surface area contributed by atoms with E-state index in [0.717, 1.165) is 17.7 Å². The van der Waals surface area contributed by atoms with Gasteiger partial charge in [0.1, 0.15) is 5.71 Å². The lowest BCUT2D eigenvalue weighted by Gasteiger charge is -2.24. The first-order chi connectivity index (χ1) is 10.7. The lowest BCUT2D eigenvalue weighted by molar-refractivity contribution is -0.129. The van der Waals surface area contributed by atoms with E-state index in [0.29, 0.717) is 6.42 Å². The Balaban J connectivity index is 1.97. The summed E-state index contributed by atoms with van der Waals surface area (Å²) in [6, 6.07) is 18.0. The molecule has 1 aliphatic rings. The van der Waals surface area contributed by atoms with Crippen LogP contribution in [0.15, 0.2) is 59.7 Å². The molecule has 2 aromatic rings. The summed E-state index contributed by atoms with van der Waals surface area (Å²) in [5.74, 6) is -0.950. The van der Waals surface area contributed by atoms with Crippen LogP contribution in [0.1, 0.15) is 30.5 Å². The Morgan fingerprint density at radius 3 is 2.45 bits per heavy atom. The summed E-state index contributed by atoms with van der Waals surface area (Å²) in [4.78, 5) is 11.3. The molecule has 0 amide bonds. The number of carboxylic acid groups (broad SMARTS) is 1. The third-order valence-corrected chi connectivity index (χ3v) is 3.95. The van der Waals surface area contributed by atoms with Crippen LogP contribution in [0.2, 0.25) is 0 Å². The van der Waals surface area contributed by atoms with Crippen molar-refractivity contribution >= 4 is 17.4 Å². The fourth-order valence-electron chi connectivity index (χ4n) is 2.70. The first-order valence-corrected chi connectivity index (χ1v) is 7.43. The molecule has 0 spiro atoms. The topological polar surface area (TPSA) is 52.9 Å². The molecule has 0 fully saturated rings. The van der Waals surface area contributed by atoms with E-state index in [1.165, 1.54) is 5.56 Å². The van der Waals surface area contributed by atoms with Crippen LogP contribution in [0.4, 0.5) is 5.69 Å². The van der Waals surface area contributed by atoms with E-state index >= 15 is 0 Å². The Labute approximate surface area is 129 Å². The zero-order valence-electron chi connectivity index (χ0n) is 12.4. The zero-order valence-corrected chi connectivity index (χ0v) is 12.4. The number of anilines is 1. The Kier molecular flexibility index (Phi) is 3.92. The molecule has 1 aliphatic heterocycles. The maximum absolute atomic E-state index is 11.3. The van der Waals surface area contributed by atoms with Crippen LogP contribution >= 0.6 is 0 Å². The largest absolute Gasteiger partial charge is 0.477 e. The van der Waals surface area contributed by atoms with Crippen LogP contribution in [0.5, 0.6) is 0 Å². The Morgan fingerprint density at radius 1 is 1.18 bits per heavy atom. The van der Waals surface area contributed by atoms with E-state index in [9.17, 15) is 9.90 Å². The van der Waals surface area contributed by atoms with Crippen molar-refractivity contribution in [3.8, 4) is 0 Å². The maximum Gasteiger partial charge on any atom is 0.352 e. The highest BCUT2D eigenvalue weighted by Crippen LogP contribution is 2.35. The van der Waals surface area contributed by atoms with Gasteiger partial charge in [-0.3, -0.25) is 5.01 Å². The van der Waals surface area contributed by atoms with Crippen molar-refractivity contribution in [1.29, 1.82) is 0 Å². The fraction of sp³-hybridized carbons (Fsp3) is 0.222. The normalized spacial score (nSPS) is 17.4. The van der Waals surface area contributed by atoms with Crippen LogP contribution in [-0.2, 0) is 11.2 Å². The molecule has 112 valence electrons. The fourth-order valence-corrected chi connectivity index (χ4v) is 2.70. The molecule has 0 saturated carbocycles. The number of benzene rings is 2. The minimum atomic E-state index is -0.950. The Hall–Kier alpha value is -2.62. The number of hydrazone groups is 1. The molecule has 2 aromatic carbocycles. The number of nitrogens with zero attached hydrogens (tertiary/aromatic N) is 2. The molecule has 22 heavy (non-hydrogen) atoms. The highest BCUT2D eigenvalue weighted by Gasteiger charge is 2.32. The number of carbonyl (C=O) groups is 1. The number of aliphatic carboxylic acids is 1. The van der Waals surface area contributed by atoms with Crippen molar-refractivity contribution in [1.82, 2.24) is 0 Å². The first kappa shape index (κ1) is 14.3. The average Bonchev–Trinajstić information content (AvgIpc) is 3.01. The molecular weight excluding hydrogens is 276 g/mol. The molecular formula is C18H18N2O2. The van der Waals surface area contributed by atoms with Gasteiger partial charge >= 0.3 is 5.97 Å². The van der Waals surface area contributed by atoms with E-state index in [2.05, 4.69) is 24.2 Å². The summed E-state index contributed by atoms with van der Waals surface area (Å²) < 4.78 is 0. The maximum atomic E-state index is 11.3. The molecule has 0 aromatic heterocycles. The highest BCUT2D eigenvalue weighted by molar-refractivity contribution is 6.36. The summed E-state index contributed by atoms with van der Waals surface area (Å²) in [7, 11) is 0. The Morgan fingerprint density at radius 2 is 1.86 bits per heavy atom. The van der Waals surface area contributed by atoms with Gasteiger partial charge in [0.05, 0.1) is 11.7 Å². The number of hydrogen-bond donors (Lipinski definition) is 1. The molecule has 1 N–H and O–H groups in total. The number of carboxylic acids is 1. The van der Waals surface area contributed by atoms with Crippen molar-refractivity contribution in [3.63, 3.8) is 0 Å². The van der Waals surface area contributed by atoms with Crippen molar-refractivity contribution in [2.75, 3.05) is 5.01 Å². The van der Waals surface area contributed by atoms with Gasteiger partial charge in [-0.2, -0.15) is 5.10 Å². The molecule has 1 atom stereocenters. The van der Waals surface area contributed by atoms with Crippen molar-refractivity contribution in [3.05, 3.63) is 65.7 Å². The van der Waals surface area contributed by atoms with Gasteiger partial charge in [-0.05, 0) is 29.7 Å². The van der Waals surface area contributed by atoms with E-state index in [4.69, 9.17) is 0 Å². The van der Waals surface area contributed by atoms with Crippen LogP contribution < -0.4 is 5.01 Å². The summed E-state index contributed by atoms with van der Waals surface area (Å²) in [6.45, 7) is 2.11. The third kappa shape index (κ3) is 2.72. The summed E-state index contributed by atoms with van der Waals surface area (Å²) in [5.41, 5.74) is 3.44. The van der Waals surface area contributed by atoms with Crippen LogP contribution in [-0.4, -0.2) is 16.8 Å². The molecule has 0 radical (unpaired) electrons. The van der Waals surface area contributed by atoms with Gasteiger partial charge in [-0.1, -0.05) is 49.4 Å². The van der Waals surface area contributed by atoms with Gasteiger partial charge < -0.3 is 5.11 Å². The molecule has 3 rings (SSSR count). The average molecular weight is 294 g/mol. The van der Waals surface area contributed by atoms with Crippen LogP contribution in [0.3, 0.4) is 0 Å². The zero-order chi connectivity index (χ0) is 15.5. The van der Waals surface area contributed by atoms with Gasteiger partial charge in [0, 0.05) is 6.42 Å². The van der Waals surface area contributed by atoms with Gasteiger partial charge in [-0.25, -0.2) is 4.79 Å². The summed E-state index contributed by atoms with van der Waals surface area (Å²) in [5, 5.41) is 15.4. The van der Waals surface area contributed by atoms with Crippen molar-refractivity contribution in [2.24, 2.45) is 5.10 Å². The molecule has 4 nitrogen and oxygen atoms in total. The molecule has 0 saturated heterocycles. The second kappa shape index (κ2) is 6.02. The molecule has 4 heteroatoms. The SMILES string of the molecule is CCc1ccc(N2N=C(C(=O)O)CC2c2ccccc2)cc1. The van der Waals surface area contributed by atoms with Gasteiger partial charge in [-0.15, -0.1) is 0 Å². The smallest absolute Gasteiger partial charge is 0.352 e. The van der Waals surface area contributed by atoms with Gasteiger partial charge in [0.25, 0.3) is 0 Å². The first-order valence-electron chi connectivity index (χ1n) is 7.43. The van der Waals surface area contributed by atoms with Crippen LogP contribution in [0, 0.1) is 0 Å².